The van der Waals surface area contributed by atoms with Gasteiger partial charge in [0.2, 0.25) is 0 Å². The van der Waals surface area contributed by atoms with Crippen LogP contribution >= 0.6 is 0 Å². The van der Waals surface area contributed by atoms with Crippen molar-refractivity contribution >= 4 is 11.0 Å². The number of imidazole rings is 1. The number of nitrogens with zero attached hydrogens (tertiary/aromatic N) is 3. The van der Waals surface area contributed by atoms with Crippen molar-refractivity contribution in [1.82, 2.24) is 15.0 Å². The summed E-state index contributed by atoms with van der Waals surface area (Å²) in [7, 11) is 0. The van der Waals surface area contributed by atoms with Crippen molar-refractivity contribution in [2.45, 2.75) is 6.92 Å². The summed E-state index contributed by atoms with van der Waals surface area (Å²) in [5.74, 6) is 0. The SMILES string of the molecule is Cc1c(C#N)ncc2[nH]cnc12. The molecule has 0 atom stereocenters. The van der Waals surface area contributed by atoms with Crippen LogP contribution in [0.3, 0.4) is 0 Å². The Morgan fingerprint density at radius 2 is 2.33 bits per heavy atom. The van der Waals surface area contributed by atoms with Crippen LogP contribution in [0, 0.1) is 18.3 Å². The number of H-pyrrole nitrogens is 1. The zero-order valence-electron chi connectivity index (χ0n) is 6.50. The van der Waals surface area contributed by atoms with E-state index in [1.54, 1.807) is 12.5 Å². The molecule has 1 N–H and O–H groups in total. The molecule has 0 bridgehead atoms. The normalized spacial score (nSPS) is 10.0. The second kappa shape index (κ2) is 2.31. The predicted octanol–water partition coefficient (Wildman–Crippen LogP) is 1.14. The maximum Gasteiger partial charge on any atom is 0.145 e. The average molecular weight is 158 g/mol. The lowest BCUT2D eigenvalue weighted by Gasteiger charge is -1.94. The minimum absolute atomic E-state index is 0.439. The van der Waals surface area contributed by atoms with Gasteiger partial charge in [0.15, 0.2) is 0 Å². The Kier molecular flexibility index (Phi) is 1.31. The van der Waals surface area contributed by atoms with E-state index in [9.17, 15) is 0 Å². The molecule has 12 heavy (non-hydrogen) atoms. The number of aromatic nitrogens is 3. The van der Waals surface area contributed by atoms with Crippen LogP contribution in [0.1, 0.15) is 11.3 Å². The number of nitriles is 1. The van der Waals surface area contributed by atoms with Gasteiger partial charge in [0.25, 0.3) is 0 Å². The number of hydrogen-bond donors (Lipinski definition) is 1. The second-order valence-corrected chi connectivity index (χ2v) is 2.51. The number of aromatic amines is 1. The van der Waals surface area contributed by atoms with E-state index in [2.05, 4.69) is 15.0 Å². The highest BCUT2D eigenvalue weighted by molar-refractivity contribution is 5.78. The highest BCUT2D eigenvalue weighted by atomic mass is 14.9. The van der Waals surface area contributed by atoms with Crippen molar-refractivity contribution in [2.24, 2.45) is 0 Å². The standard InChI is InChI=1S/C8H6N4/c1-5-6(2-9)10-3-7-8(5)12-4-11-7/h3-4H,1H3,(H,11,12). The van der Waals surface area contributed by atoms with Gasteiger partial charge in [0.05, 0.1) is 23.6 Å². The Morgan fingerprint density at radius 3 is 3.08 bits per heavy atom. The number of rotatable bonds is 0. The molecule has 2 aromatic rings. The Balaban J connectivity index is 2.89. The molecule has 2 heterocycles. The fourth-order valence-corrected chi connectivity index (χ4v) is 1.15. The molecule has 0 unspecified atom stereocenters. The summed E-state index contributed by atoms with van der Waals surface area (Å²) in [6.45, 7) is 1.84. The van der Waals surface area contributed by atoms with Gasteiger partial charge in [-0.1, -0.05) is 0 Å². The monoisotopic (exact) mass is 158 g/mol. The van der Waals surface area contributed by atoms with Gasteiger partial charge in [-0.2, -0.15) is 5.26 Å². The molecule has 4 nitrogen and oxygen atoms in total. The summed E-state index contributed by atoms with van der Waals surface area (Å²) in [6.07, 6.45) is 3.22. The van der Waals surface area contributed by atoms with Crippen molar-refractivity contribution in [3.8, 4) is 6.07 Å². The summed E-state index contributed by atoms with van der Waals surface area (Å²) in [4.78, 5) is 11.0. The van der Waals surface area contributed by atoms with Crippen LogP contribution < -0.4 is 0 Å². The van der Waals surface area contributed by atoms with Gasteiger partial charge in [-0.05, 0) is 6.92 Å². The van der Waals surface area contributed by atoms with E-state index >= 15 is 0 Å². The van der Waals surface area contributed by atoms with Crippen LogP contribution in [0.25, 0.3) is 11.0 Å². The van der Waals surface area contributed by atoms with E-state index in [-0.39, 0.29) is 0 Å². The largest absolute Gasteiger partial charge is 0.343 e. The van der Waals surface area contributed by atoms with Crippen LogP contribution in [0.4, 0.5) is 0 Å². The molecule has 0 spiro atoms. The van der Waals surface area contributed by atoms with Crippen LogP contribution in [0.2, 0.25) is 0 Å². The number of nitrogens with one attached hydrogen (secondary N) is 1. The van der Waals surface area contributed by atoms with E-state index < -0.39 is 0 Å². The van der Waals surface area contributed by atoms with Crippen molar-refractivity contribution in [1.29, 1.82) is 5.26 Å². The molecule has 4 heteroatoms. The zero-order valence-corrected chi connectivity index (χ0v) is 6.50. The van der Waals surface area contributed by atoms with Crippen molar-refractivity contribution in [3.63, 3.8) is 0 Å². The average Bonchev–Trinajstić information content (AvgIpc) is 2.53. The first-order valence-electron chi connectivity index (χ1n) is 3.51. The quantitative estimate of drug-likeness (QED) is 0.625. The first-order valence-corrected chi connectivity index (χ1v) is 3.51. The third kappa shape index (κ3) is 0.768. The summed E-state index contributed by atoms with van der Waals surface area (Å²) in [5, 5.41) is 8.66. The molecule has 2 rings (SSSR count). The van der Waals surface area contributed by atoms with Gasteiger partial charge in [0, 0.05) is 5.56 Å². The van der Waals surface area contributed by atoms with Crippen LogP contribution in [-0.4, -0.2) is 15.0 Å². The molecule has 0 amide bonds. The molecule has 0 saturated heterocycles. The molecule has 0 saturated carbocycles. The lowest BCUT2D eigenvalue weighted by molar-refractivity contribution is 1.23. The molecule has 0 aliphatic rings. The first-order chi connectivity index (χ1) is 5.83. The first kappa shape index (κ1) is 6.80. The van der Waals surface area contributed by atoms with E-state index in [0.717, 1.165) is 16.6 Å². The Bertz CT molecular complexity index is 463. The molecule has 2 aromatic heterocycles. The molecular weight excluding hydrogens is 152 g/mol. The number of fused-ring (bicyclic) bond motifs is 1. The van der Waals surface area contributed by atoms with Crippen LogP contribution in [-0.2, 0) is 0 Å². The van der Waals surface area contributed by atoms with E-state index in [4.69, 9.17) is 5.26 Å². The fourth-order valence-electron chi connectivity index (χ4n) is 1.15. The second-order valence-electron chi connectivity index (χ2n) is 2.51. The Hall–Kier alpha value is -1.89. The summed E-state index contributed by atoms with van der Waals surface area (Å²) < 4.78 is 0. The molecule has 0 aromatic carbocycles. The van der Waals surface area contributed by atoms with Gasteiger partial charge in [0.1, 0.15) is 11.8 Å². The number of pyridine rings is 1. The zero-order chi connectivity index (χ0) is 8.55. The van der Waals surface area contributed by atoms with Crippen molar-refractivity contribution in [2.75, 3.05) is 0 Å². The maximum atomic E-state index is 8.66. The van der Waals surface area contributed by atoms with Gasteiger partial charge in [-0.15, -0.1) is 0 Å². The minimum Gasteiger partial charge on any atom is -0.343 e. The lowest BCUT2D eigenvalue weighted by atomic mass is 10.2. The van der Waals surface area contributed by atoms with Crippen LogP contribution in [0.5, 0.6) is 0 Å². The van der Waals surface area contributed by atoms with Crippen molar-refractivity contribution < 1.29 is 0 Å². The number of aryl methyl sites for hydroxylation is 1. The van der Waals surface area contributed by atoms with Gasteiger partial charge in [-0.3, -0.25) is 0 Å². The molecule has 0 aliphatic heterocycles. The summed E-state index contributed by atoms with van der Waals surface area (Å²) in [5.41, 5.74) is 2.96. The van der Waals surface area contributed by atoms with Gasteiger partial charge < -0.3 is 4.98 Å². The molecular formula is C8H6N4. The van der Waals surface area contributed by atoms with Gasteiger partial charge >= 0.3 is 0 Å². The van der Waals surface area contributed by atoms with E-state index in [1.165, 1.54) is 0 Å². The highest BCUT2D eigenvalue weighted by Gasteiger charge is 2.05. The van der Waals surface area contributed by atoms with E-state index in [1.807, 2.05) is 13.0 Å². The maximum absolute atomic E-state index is 8.66. The smallest absolute Gasteiger partial charge is 0.145 e. The number of hydrogen-bond acceptors (Lipinski definition) is 3. The predicted molar refractivity (Wildman–Crippen MR) is 43.3 cm³/mol. The fraction of sp³-hybridized carbons (Fsp3) is 0.125. The minimum atomic E-state index is 0.439. The molecule has 0 aliphatic carbocycles. The third-order valence-corrected chi connectivity index (χ3v) is 1.81. The molecule has 0 radical (unpaired) electrons. The third-order valence-electron chi connectivity index (χ3n) is 1.81. The Labute approximate surface area is 68.9 Å². The summed E-state index contributed by atoms with van der Waals surface area (Å²) >= 11 is 0. The topological polar surface area (TPSA) is 65.4 Å². The van der Waals surface area contributed by atoms with Gasteiger partial charge in [-0.25, -0.2) is 9.97 Å². The lowest BCUT2D eigenvalue weighted by Crippen LogP contribution is -1.88. The van der Waals surface area contributed by atoms with Crippen LogP contribution in [0.15, 0.2) is 12.5 Å². The Morgan fingerprint density at radius 1 is 1.50 bits per heavy atom. The molecule has 58 valence electrons. The van der Waals surface area contributed by atoms with Crippen molar-refractivity contribution in [3.05, 3.63) is 23.8 Å². The molecule has 0 fully saturated rings. The summed E-state index contributed by atoms with van der Waals surface area (Å²) in [6, 6.07) is 2.01. The highest BCUT2D eigenvalue weighted by Crippen LogP contribution is 2.14. The van der Waals surface area contributed by atoms with E-state index in [0.29, 0.717) is 5.69 Å².